The van der Waals surface area contributed by atoms with Gasteiger partial charge in [-0.25, -0.2) is 8.42 Å². The third-order valence-corrected chi connectivity index (χ3v) is 4.51. The van der Waals surface area contributed by atoms with Crippen LogP contribution in [0, 0.1) is 0 Å². The maximum Gasteiger partial charge on any atom is 0.475 e. The maximum atomic E-state index is 11.8. The Kier molecular flexibility index (Phi) is 7.74. The van der Waals surface area contributed by atoms with Crippen LogP contribution in [0.1, 0.15) is 30.9 Å². The van der Waals surface area contributed by atoms with Gasteiger partial charge in [-0.3, -0.25) is 4.79 Å². The highest BCUT2D eigenvalue weighted by Crippen LogP contribution is 2.09. The van der Waals surface area contributed by atoms with Crippen molar-refractivity contribution in [3.05, 3.63) is 35.4 Å². The van der Waals surface area contributed by atoms with E-state index in [4.69, 9.17) is 0 Å². The molecule has 8 heteroatoms. The van der Waals surface area contributed by atoms with Gasteiger partial charge in [0.25, 0.3) is 0 Å². The quantitative estimate of drug-likeness (QED) is 0.553. The topological polar surface area (TPSA) is 104 Å². The summed E-state index contributed by atoms with van der Waals surface area (Å²) in [6, 6.07) is 7.70. The summed E-state index contributed by atoms with van der Waals surface area (Å²) in [5, 5.41) is 21.5. The lowest BCUT2D eigenvalue weighted by atomic mass is 9.75. The van der Waals surface area contributed by atoms with E-state index in [1.165, 1.54) is 0 Å². The first kappa shape index (κ1) is 19.7. The summed E-state index contributed by atoms with van der Waals surface area (Å²) in [4.78, 5) is 11.8. The molecule has 3 N–H and O–H groups in total. The van der Waals surface area contributed by atoms with Crippen molar-refractivity contribution in [3.8, 4) is 0 Å². The Morgan fingerprint density at radius 3 is 2.52 bits per heavy atom. The van der Waals surface area contributed by atoms with Gasteiger partial charge < -0.3 is 15.4 Å². The molecule has 0 saturated heterocycles. The van der Waals surface area contributed by atoms with Crippen molar-refractivity contribution in [2.24, 2.45) is 0 Å². The van der Waals surface area contributed by atoms with E-state index in [1.807, 2.05) is 31.2 Å². The molecule has 0 heterocycles. The fraction of sp³-hybridized carbons (Fsp3) is 0.533. The molecule has 1 aromatic carbocycles. The van der Waals surface area contributed by atoms with E-state index in [2.05, 4.69) is 5.32 Å². The first-order chi connectivity index (χ1) is 10.7. The third kappa shape index (κ3) is 8.15. The smallest absolute Gasteiger partial charge is 0.426 e. The van der Waals surface area contributed by atoms with Crippen molar-refractivity contribution in [1.29, 1.82) is 0 Å². The summed E-state index contributed by atoms with van der Waals surface area (Å²) in [5.74, 6) is -1.28. The summed E-state index contributed by atoms with van der Waals surface area (Å²) in [7, 11) is -4.78. The minimum Gasteiger partial charge on any atom is -0.426 e. The Labute approximate surface area is 138 Å². The number of carbonyl (C=O) groups is 1. The Bertz CT molecular complexity index is 618. The fourth-order valence-corrected chi connectivity index (χ4v) is 2.90. The Balaban J connectivity index is 2.59. The second-order valence-corrected chi connectivity index (χ2v) is 7.96. The van der Waals surface area contributed by atoms with Crippen molar-refractivity contribution in [2.45, 2.75) is 38.5 Å². The zero-order valence-corrected chi connectivity index (χ0v) is 14.3. The molecule has 0 radical (unpaired) electrons. The number of carbonyl (C=O) groups excluding carboxylic acids is 1. The molecule has 0 aromatic heterocycles. The summed E-state index contributed by atoms with van der Waals surface area (Å²) >= 11 is 0. The van der Waals surface area contributed by atoms with Gasteiger partial charge in [0.1, 0.15) is 9.84 Å². The molecular formula is C15H24BNO5S. The normalized spacial score (nSPS) is 12.7. The van der Waals surface area contributed by atoms with Gasteiger partial charge in [0.2, 0.25) is 5.91 Å². The lowest BCUT2D eigenvalue weighted by molar-refractivity contribution is -0.121. The molecule has 0 bridgehead atoms. The van der Waals surface area contributed by atoms with Gasteiger partial charge in [0.15, 0.2) is 0 Å². The lowest BCUT2D eigenvalue weighted by Gasteiger charge is -2.18. The molecule has 0 aliphatic carbocycles. The Morgan fingerprint density at radius 2 is 1.96 bits per heavy atom. The highest BCUT2D eigenvalue weighted by atomic mass is 32.2. The monoisotopic (exact) mass is 341 g/mol. The molecule has 0 spiro atoms. The largest absolute Gasteiger partial charge is 0.475 e. The van der Waals surface area contributed by atoms with Crippen LogP contribution in [-0.4, -0.2) is 49.4 Å². The minimum atomic E-state index is -3.10. The number of hydrogen-bond acceptors (Lipinski definition) is 5. The standard InChI is InChI=1S/C15H24BNO5S/c1-3-12-6-4-7-13(10-12)11-14(16(19)20)17-15(18)8-5-9-23(2,21)22/h4,6-7,10,14,19-20H,3,5,8-9,11H2,1-2H3,(H,17,18). The van der Waals surface area contributed by atoms with Crippen LogP contribution < -0.4 is 5.32 Å². The van der Waals surface area contributed by atoms with Crippen LogP contribution in [0.15, 0.2) is 24.3 Å². The van der Waals surface area contributed by atoms with Crippen LogP contribution >= 0.6 is 0 Å². The number of sulfone groups is 1. The minimum absolute atomic E-state index is 0.0330. The van der Waals surface area contributed by atoms with Gasteiger partial charge in [-0.15, -0.1) is 0 Å². The summed E-state index contributed by atoms with van der Waals surface area (Å²) in [5.41, 5.74) is 2.03. The number of benzene rings is 1. The van der Waals surface area contributed by atoms with Crippen LogP contribution in [0.25, 0.3) is 0 Å². The zero-order chi connectivity index (χ0) is 17.5. The molecule has 1 amide bonds. The molecule has 0 aliphatic heterocycles. The lowest BCUT2D eigenvalue weighted by Crippen LogP contribution is -2.47. The van der Waals surface area contributed by atoms with Gasteiger partial charge in [0, 0.05) is 12.7 Å². The number of hydrogen-bond donors (Lipinski definition) is 3. The van der Waals surface area contributed by atoms with Crippen LogP contribution in [0.4, 0.5) is 0 Å². The van der Waals surface area contributed by atoms with Gasteiger partial charge in [-0.1, -0.05) is 31.2 Å². The summed E-state index contributed by atoms with van der Waals surface area (Å²) < 4.78 is 22.1. The average molecular weight is 341 g/mol. The van der Waals surface area contributed by atoms with Crippen LogP contribution in [0.5, 0.6) is 0 Å². The van der Waals surface area contributed by atoms with E-state index in [-0.39, 0.29) is 18.6 Å². The Morgan fingerprint density at radius 1 is 1.30 bits per heavy atom. The second-order valence-electron chi connectivity index (χ2n) is 5.70. The first-order valence-electron chi connectivity index (χ1n) is 7.62. The predicted octanol–water partition coefficient (Wildman–Crippen LogP) is 0.113. The number of nitrogens with one attached hydrogen (secondary N) is 1. The van der Waals surface area contributed by atoms with Crippen LogP contribution in [0.2, 0.25) is 0 Å². The van der Waals surface area contributed by atoms with Gasteiger partial charge in [0.05, 0.1) is 11.7 Å². The number of amides is 1. The molecule has 0 saturated carbocycles. The van der Waals surface area contributed by atoms with Crippen molar-refractivity contribution in [2.75, 3.05) is 12.0 Å². The van der Waals surface area contributed by atoms with E-state index in [0.29, 0.717) is 6.42 Å². The molecule has 0 aliphatic rings. The molecule has 1 atom stereocenters. The van der Waals surface area contributed by atoms with E-state index in [9.17, 15) is 23.3 Å². The molecule has 23 heavy (non-hydrogen) atoms. The van der Waals surface area contributed by atoms with Crippen LogP contribution in [-0.2, 0) is 27.5 Å². The SMILES string of the molecule is CCc1cccc(CC(NC(=O)CCCS(C)(=O)=O)B(O)O)c1. The zero-order valence-electron chi connectivity index (χ0n) is 13.5. The summed E-state index contributed by atoms with van der Waals surface area (Å²) in [6.45, 7) is 2.03. The third-order valence-electron chi connectivity index (χ3n) is 3.48. The van der Waals surface area contributed by atoms with Crippen molar-refractivity contribution in [1.82, 2.24) is 5.32 Å². The van der Waals surface area contributed by atoms with Crippen LogP contribution in [0.3, 0.4) is 0 Å². The van der Waals surface area contributed by atoms with E-state index in [0.717, 1.165) is 23.8 Å². The van der Waals surface area contributed by atoms with Gasteiger partial charge in [-0.2, -0.15) is 0 Å². The van der Waals surface area contributed by atoms with Gasteiger partial charge >= 0.3 is 7.12 Å². The number of aryl methyl sites for hydroxylation is 1. The predicted molar refractivity (Wildman–Crippen MR) is 90.6 cm³/mol. The first-order valence-corrected chi connectivity index (χ1v) is 9.68. The molecule has 1 rings (SSSR count). The van der Waals surface area contributed by atoms with E-state index in [1.54, 1.807) is 0 Å². The Hall–Kier alpha value is -1.38. The molecule has 6 nitrogen and oxygen atoms in total. The number of rotatable bonds is 9. The van der Waals surface area contributed by atoms with E-state index < -0.39 is 28.8 Å². The fourth-order valence-electron chi connectivity index (χ4n) is 2.24. The van der Waals surface area contributed by atoms with Crippen molar-refractivity contribution >= 4 is 22.9 Å². The maximum absolute atomic E-state index is 11.8. The highest BCUT2D eigenvalue weighted by molar-refractivity contribution is 7.90. The molecule has 1 unspecified atom stereocenters. The van der Waals surface area contributed by atoms with Gasteiger partial charge in [-0.05, 0) is 30.4 Å². The molecule has 1 aromatic rings. The highest BCUT2D eigenvalue weighted by Gasteiger charge is 2.25. The second kappa shape index (κ2) is 9.05. The summed E-state index contributed by atoms with van der Waals surface area (Å²) in [6.07, 6.45) is 2.53. The molecular weight excluding hydrogens is 317 g/mol. The molecule has 0 fully saturated rings. The molecule has 128 valence electrons. The average Bonchev–Trinajstić information content (AvgIpc) is 2.45. The van der Waals surface area contributed by atoms with Crippen molar-refractivity contribution < 1.29 is 23.3 Å². The van der Waals surface area contributed by atoms with Crippen molar-refractivity contribution in [3.63, 3.8) is 0 Å². The van der Waals surface area contributed by atoms with E-state index >= 15 is 0 Å².